The number of aliphatic hydroxyl groups excluding tert-OH is 4. The maximum Gasteiger partial charge on any atom is 0.306 e. The van der Waals surface area contributed by atoms with Crippen LogP contribution < -0.4 is 0 Å². The quantitative estimate of drug-likeness (QED) is 0.333. The lowest BCUT2D eigenvalue weighted by Gasteiger charge is -2.37. The van der Waals surface area contributed by atoms with E-state index in [9.17, 15) is 9.90 Å². The standard InChI is InChI=1S/C7H12O7/c8-3(9)1-2-4(10)5(11)6(12)7(13)14-2/h2,4-7,10-13H,1H2,(H,8,9)/t2-,4+,5+,6-,7+/m1/s1. The Kier molecular flexibility index (Phi) is 3.40. The summed E-state index contributed by atoms with van der Waals surface area (Å²) in [4.78, 5) is 10.3. The monoisotopic (exact) mass is 208 g/mol. The molecule has 0 unspecified atom stereocenters. The Bertz CT molecular complexity index is 218. The van der Waals surface area contributed by atoms with Crippen LogP contribution in [0.3, 0.4) is 0 Å². The molecule has 0 amide bonds. The van der Waals surface area contributed by atoms with E-state index >= 15 is 0 Å². The van der Waals surface area contributed by atoms with Gasteiger partial charge in [0.1, 0.15) is 18.3 Å². The minimum Gasteiger partial charge on any atom is -0.481 e. The third-order valence-corrected chi connectivity index (χ3v) is 2.06. The van der Waals surface area contributed by atoms with Crippen molar-refractivity contribution in [3.63, 3.8) is 0 Å². The maximum absolute atomic E-state index is 10.3. The summed E-state index contributed by atoms with van der Waals surface area (Å²) in [5.41, 5.74) is 0. The summed E-state index contributed by atoms with van der Waals surface area (Å²) < 4.78 is 4.61. The first-order valence-electron chi connectivity index (χ1n) is 4.03. The predicted octanol–water partition coefficient (Wildman–Crippen LogP) is -2.74. The lowest BCUT2D eigenvalue weighted by Crippen LogP contribution is -2.57. The molecular formula is C7H12O7. The highest BCUT2D eigenvalue weighted by Gasteiger charge is 2.43. The van der Waals surface area contributed by atoms with Crippen LogP contribution in [0.5, 0.6) is 0 Å². The first kappa shape index (κ1) is 11.3. The number of aliphatic carboxylic acids is 1. The lowest BCUT2D eigenvalue weighted by atomic mass is 9.97. The minimum absolute atomic E-state index is 0.554. The van der Waals surface area contributed by atoms with Crippen LogP contribution in [0, 0.1) is 0 Å². The van der Waals surface area contributed by atoms with Crippen molar-refractivity contribution in [1.82, 2.24) is 0 Å². The van der Waals surface area contributed by atoms with Crippen LogP contribution in [0.25, 0.3) is 0 Å². The molecular weight excluding hydrogens is 196 g/mol. The van der Waals surface area contributed by atoms with Crippen molar-refractivity contribution in [3.8, 4) is 0 Å². The maximum atomic E-state index is 10.3. The molecule has 0 aromatic rings. The molecule has 0 aromatic carbocycles. The average Bonchev–Trinajstić information content (AvgIpc) is 2.10. The van der Waals surface area contributed by atoms with Gasteiger partial charge in [0.15, 0.2) is 6.29 Å². The lowest BCUT2D eigenvalue weighted by molar-refractivity contribution is -0.282. The number of ether oxygens (including phenoxy) is 1. The Morgan fingerprint density at radius 1 is 1.07 bits per heavy atom. The van der Waals surface area contributed by atoms with E-state index in [2.05, 4.69) is 4.74 Å². The Balaban J connectivity index is 2.65. The molecule has 7 nitrogen and oxygen atoms in total. The number of carbonyl (C=O) groups is 1. The molecule has 1 saturated heterocycles. The topological polar surface area (TPSA) is 127 Å². The van der Waals surface area contributed by atoms with E-state index in [1.54, 1.807) is 0 Å². The molecule has 0 radical (unpaired) electrons. The molecule has 1 rings (SSSR count). The minimum atomic E-state index is -1.68. The fourth-order valence-corrected chi connectivity index (χ4v) is 1.27. The highest BCUT2D eigenvalue weighted by atomic mass is 16.6. The van der Waals surface area contributed by atoms with Gasteiger partial charge in [-0.05, 0) is 0 Å². The average molecular weight is 208 g/mol. The van der Waals surface area contributed by atoms with E-state index in [0.717, 1.165) is 0 Å². The molecule has 5 atom stereocenters. The Labute approximate surface area is 79.2 Å². The van der Waals surface area contributed by atoms with Gasteiger partial charge >= 0.3 is 5.97 Å². The number of hydrogen-bond donors (Lipinski definition) is 5. The summed E-state index contributed by atoms with van der Waals surface area (Å²) in [6.07, 6.45) is -8.22. The molecule has 14 heavy (non-hydrogen) atoms. The summed E-state index contributed by atoms with van der Waals surface area (Å²) in [5.74, 6) is -1.23. The van der Waals surface area contributed by atoms with E-state index in [-0.39, 0.29) is 0 Å². The zero-order chi connectivity index (χ0) is 10.9. The van der Waals surface area contributed by atoms with Crippen molar-refractivity contribution in [2.45, 2.75) is 37.1 Å². The molecule has 1 aliphatic heterocycles. The Morgan fingerprint density at radius 2 is 1.64 bits per heavy atom. The van der Waals surface area contributed by atoms with Crippen LogP contribution in [0.15, 0.2) is 0 Å². The van der Waals surface area contributed by atoms with E-state index < -0.39 is 43.1 Å². The van der Waals surface area contributed by atoms with Crippen LogP contribution in [0.2, 0.25) is 0 Å². The van der Waals surface area contributed by atoms with Gasteiger partial charge in [-0.25, -0.2) is 0 Å². The summed E-state index contributed by atoms with van der Waals surface area (Å²) in [6.45, 7) is 0. The normalized spacial score (nSPS) is 43.6. The van der Waals surface area contributed by atoms with Crippen LogP contribution >= 0.6 is 0 Å². The van der Waals surface area contributed by atoms with E-state index in [0.29, 0.717) is 0 Å². The molecule has 0 saturated carbocycles. The van der Waals surface area contributed by atoms with Crippen molar-refractivity contribution in [3.05, 3.63) is 0 Å². The molecule has 0 bridgehead atoms. The molecule has 5 N–H and O–H groups in total. The van der Waals surface area contributed by atoms with Crippen molar-refractivity contribution in [2.75, 3.05) is 0 Å². The van der Waals surface area contributed by atoms with Gasteiger partial charge in [0.25, 0.3) is 0 Å². The second-order valence-corrected chi connectivity index (χ2v) is 3.13. The van der Waals surface area contributed by atoms with Crippen LogP contribution in [0.1, 0.15) is 6.42 Å². The molecule has 0 spiro atoms. The van der Waals surface area contributed by atoms with Crippen molar-refractivity contribution in [1.29, 1.82) is 0 Å². The number of aliphatic hydroxyl groups is 4. The van der Waals surface area contributed by atoms with Crippen molar-refractivity contribution < 1.29 is 35.1 Å². The zero-order valence-corrected chi connectivity index (χ0v) is 7.15. The second-order valence-electron chi connectivity index (χ2n) is 3.13. The molecule has 1 aliphatic rings. The smallest absolute Gasteiger partial charge is 0.306 e. The summed E-state index contributed by atoms with van der Waals surface area (Å²) >= 11 is 0. The number of rotatable bonds is 2. The van der Waals surface area contributed by atoms with Crippen molar-refractivity contribution >= 4 is 5.97 Å². The molecule has 0 aliphatic carbocycles. The van der Waals surface area contributed by atoms with Gasteiger partial charge in [0, 0.05) is 0 Å². The largest absolute Gasteiger partial charge is 0.481 e. The van der Waals surface area contributed by atoms with Crippen LogP contribution in [-0.2, 0) is 9.53 Å². The van der Waals surface area contributed by atoms with Gasteiger partial charge in [-0.2, -0.15) is 0 Å². The van der Waals surface area contributed by atoms with E-state index in [1.807, 2.05) is 0 Å². The predicted molar refractivity (Wildman–Crippen MR) is 41.2 cm³/mol. The molecule has 0 aromatic heterocycles. The van der Waals surface area contributed by atoms with Gasteiger partial charge in [-0.1, -0.05) is 0 Å². The van der Waals surface area contributed by atoms with Gasteiger partial charge in [0.05, 0.1) is 12.5 Å². The summed E-state index contributed by atoms with van der Waals surface area (Å²) in [7, 11) is 0. The molecule has 7 heteroatoms. The highest BCUT2D eigenvalue weighted by Crippen LogP contribution is 2.21. The number of carboxylic acids is 1. The summed E-state index contributed by atoms with van der Waals surface area (Å²) in [5, 5.41) is 44.9. The molecule has 1 heterocycles. The van der Waals surface area contributed by atoms with E-state index in [4.69, 9.17) is 20.4 Å². The fourth-order valence-electron chi connectivity index (χ4n) is 1.27. The van der Waals surface area contributed by atoms with Crippen LogP contribution in [-0.4, -0.2) is 62.2 Å². The fraction of sp³-hybridized carbons (Fsp3) is 0.857. The summed E-state index contributed by atoms with van der Waals surface area (Å²) in [6, 6.07) is 0. The second kappa shape index (κ2) is 4.20. The zero-order valence-electron chi connectivity index (χ0n) is 7.15. The third-order valence-electron chi connectivity index (χ3n) is 2.06. The van der Waals surface area contributed by atoms with E-state index in [1.165, 1.54) is 0 Å². The number of hydrogen-bond acceptors (Lipinski definition) is 6. The first-order valence-corrected chi connectivity index (χ1v) is 4.03. The SMILES string of the molecule is O=C(O)C[C@H]1O[C@H](O)[C@H](O)[C@@H](O)[C@H]1O. The van der Waals surface area contributed by atoms with Gasteiger partial charge in [-0.15, -0.1) is 0 Å². The Hall–Kier alpha value is -0.730. The molecule has 1 fully saturated rings. The number of carboxylic acid groups (broad SMARTS) is 1. The van der Waals surface area contributed by atoms with Crippen molar-refractivity contribution in [2.24, 2.45) is 0 Å². The molecule has 82 valence electrons. The van der Waals surface area contributed by atoms with Gasteiger partial charge in [0.2, 0.25) is 0 Å². The third kappa shape index (κ3) is 2.20. The van der Waals surface area contributed by atoms with Crippen LogP contribution in [0.4, 0.5) is 0 Å². The first-order chi connectivity index (χ1) is 6.43. The highest BCUT2D eigenvalue weighted by molar-refractivity contribution is 5.67. The van der Waals surface area contributed by atoms with Gasteiger partial charge < -0.3 is 30.3 Å². The van der Waals surface area contributed by atoms with Gasteiger partial charge in [-0.3, -0.25) is 4.79 Å². The Morgan fingerprint density at radius 3 is 2.14 bits per heavy atom.